The number of primary amides is 1. The molecule has 166 valence electrons. The highest BCUT2D eigenvalue weighted by molar-refractivity contribution is 6.58. The molecular formula is C21H21BN8O3. The normalized spacial score (nSPS) is 12.8. The fourth-order valence-corrected chi connectivity index (χ4v) is 3.89. The molecule has 4 aromatic rings. The maximum Gasteiger partial charge on any atom is 0.488 e. The zero-order valence-electron chi connectivity index (χ0n) is 17.6. The van der Waals surface area contributed by atoms with Gasteiger partial charge in [-0.25, -0.2) is 4.98 Å². The molecule has 1 amide bonds. The van der Waals surface area contributed by atoms with Crippen molar-refractivity contribution >= 4 is 41.0 Å². The van der Waals surface area contributed by atoms with Crippen LogP contribution in [0.1, 0.15) is 28.0 Å². The summed E-state index contributed by atoms with van der Waals surface area (Å²) in [6.45, 7) is 1.22. The Labute approximate surface area is 188 Å². The minimum Gasteiger partial charge on any atom is -0.423 e. The van der Waals surface area contributed by atoms with Crippen LogP contribution in [-0.4, -0.2) is 54.6 Å². The lowest BCUT2D eigenvalue weighted by molar-refractivity contribution is 0.100. The maximum atomic E-state index is 11.8. The number of carbonyl (C=O) groups is 1. The topological polar surface area (TPSA) is 164 Å². The van der Waals surface area contributed by atoms with Crippen LogP contribution in [0.4, 0.5) is 11.5 Å². The average molecular weight is 444 g/mol. The molecule has 0 spiro atoms. The third-order valence-corrected chi connectivity index (χ3v) is 5.51. The van der Waals surface area contributed by atoms with E-state index in [1.807, 2.05) is 6.07 Å². The van der Waals surface area contributed by atoms with Crippen molar-refractivity contribution in [1.82, 2.24) is 25.0 Å². The summed E-state index contributed by atoms with van der Waals surface area (Å²) in [6, 6.07) is 12.1. The number of benzene rings is 2. The zero-order valence-corrected chi connectivity index (χ0v) is 17.6. The monoisotopic (exact) mass is 444 g/mol. The molecule has 0 unspecified atom stereocenters. The molecule has 0 radical (unpaired) electrons. The van der Waals surface area contributed by atoms with Crippen molar-refractivity contribution in [2.75, 3.05) is 17.2 Å². The lowest BCUT2D eigenvalue weighted by atomic mass is 9.80. The van der Waals surface area contributed by atoms with Gasteiger partial charge in [-0.2, -0.15) is 9.67 Å². The molecule has 0 fully saturated rings. The van der Waals surface area contributed by atoms with Crippen LogP contribution in [0.3, 0.4) is 0 Å². The first-order valence-electron chi connectivity index (χ1n) is 10.5. The van der Waals surface area contributed by atoms with Gasteiger partial charge in [-0.15, -0.1) is 5.10 Å². The molecule has 0 saturated heterocycles. The average Bonchev–Trinajstić information content (AvgIpc) is 3.26. The second kappa shape index (κ2) is 8.49. The number of aromatic nitrogens is 5. The Morgan fingerprint density at radius 3 is 2.88 bits per heavy atom. The maximum absolute atomic E-state index is 11.8. The predicted molar refractivity (Wildman–Crippen MR) is 123 cm³/mol. The number of fused-ring (bicyclic) bond motifs is 2. The van der Waals surface area contributed by atoms with Gasteiger partial charge in [0.2, 0.25) is 0 Å². The van der Waals surface area contributed by atoms with Crippen molar-refractivity contribution in [2.24, 2.45) is 5.73 Å². The van der Waals surface area contributed by atoms with Crippen LogP contribution < -0.4 is 21.8 Å². The summed E-state index contributed by atoms with van der Waals surface area (Å²) in [7, 11) is -1.53. The van der Waals surface area contributed by atoms with E-state index in [1.54, 1.807) is 36.4 Å². The van der Waals surface area contributed by atoms with E-state index in [1.165, 1.54) is 4.68 Å². The number of nitrogens with one attached hydrogen (secondary N) is 2. The summed E-state index contributed by atoms with van der Waals surface area (Å²) >= 11 is 0. The molecule has 1 aliphatic rings. The Kier molecular flexibility index (Phi) is 5.36. The Balaban J connectivity index is 1.54. The van der Waals surface area contributed by atoms with E-state index in [4.69, 9.17) is 10.7 Å². The van der Waals surface area contributed by atoms with E-state index < -0.39 is 13.0 Å². The summed E-state index contributed by atoms with van der Waals surface area (Å²) < 4.78 is 1.49. The number of amides is 1. The van der Waals surface area contributed by atoms with Gasteiger partial charge >= 0.3 is 7.12 Å². The summed E-state index contributed by atoms with van der Waals surface area (Å²) in [5, 5.41) is 33.9. The first-order valence-corrected chi connectivity index (χ1v) is 10.5. The van der Waals surface area contributed by atoms with Crippen molar-refractivity contribution in [2.45, 2.75) is 19.4 Å². The molecule has 12 heteroatoms. The molecule has 2 aromatic heterocycles. The minimum absolute atomic E-state index is 0.280. The van der Waals surface area contributed by atoms with Crippen LogP contribution in [0.25, 0.3) is 17.0 Å². The number of hydrogen-bond acceptors (Lipinski definition) is 9. The van der Waals surface area contributed by atoms with Gasteiger partial charge in [-0.1, -0.05) is 35.5 Å². The summed E-state index contributed by atoms with van der Waals surface area (Å²) in [5.41, 5.74) is 9.66. The number of anilines is 2. The second-order valence-corrected chi connectivity index (χ2v) is 7.74. The smallest absolute Gasteiger partial charge is 0.423 e. The molecule has 0 atom stereocenters. The Hall–Kier alpha value is -4.03. The van der Waals surface area contributed by atoms with E-state index in [-0.39, 0.29) is 5.56 Å². The third kappa shape index (κ3) is 3.97. The Morgan fingerprint density at radius 2 is 2.06 bits per heavy atom. The van der Waals surface area contributed by atoms with Gasteiger partial charge in [0.25, 0.3) is 11.9 Å². The van der Waals surface area contributed by atoms with Crippen molar-refractivity contribution in [3.63, 3.8) is 0 Å². The van der Waals surface area contributed by atoms with Gasteiger partial charge < -0.3 is 26.4 Å². The van der Waals surface area contributed by atoms with Crippen molar-refractivity contribution in [3.05, 3.63) is 59.3 Å². The number of nitrogens with zero attached hydrogens (tertiary/aromatic N) is 5. The summed E-state index contributed by atoms with van der Waals surface area (Å²) in [5.74, 6) is 0.337. The van der Waals surface area contributed by atoms with Crippen LogP contribution in [0, 0.1) is 0 Å². The number of rotatable bonds is 6. The molecule has 1 aliphatic heterocycles. The lowest BCUT2D eigenvalue weighted by Crippen LogP contribution is -2.30. The van der Waals surface area contributed by atoms with Crippen molar-refractivity contribution in [3.8, 4) is 5.95 Å². The van der Waals surface area contributed by atoms with Gasteiger partial charge in [0.05, 0.1) is 22.5 Å². The van der Waals surface area contributed by atoms with Gasteiger partial charge in [0.1, 0.15) is 5.52 Å². The van der Waals surface area contributed by atoms with Crippen LogP contribution in [0.5, 0.6) is 0 Å². The largest absolute Gasteiger partial charge is 0.488 e. The van der Waals surface area contributed by atoms with Crippen LogP contribution in [0.15, 0.2) is 42.5 Å². The quantitative estimate of drug-likeness (QED) is 0.257. The predicted octanol–water partition coefficient (Wildman–Crippen LogP) is -0.0406. The molecule has 6 N–H and O–H groups in total. The fraction of sp³-hybridized carbons (Fsp3) is 0.190. The molecule has 0 bridgehead atoms. The minimum atomic E-state index is -1.53. The van der Waals surface area contributed by atoms with Gasteiger partial charge in [0, 0.05) is 13.1 Å². The highest BCUT2D eigenvalue weighted by Gasteiger charge is 2.21. The molecule has 5 rings (SSSR count). The Morgan fingerprint density at radius 1 is 1.21 bits per heavy atom. The first kappa shape index (κ1) is 20.9. The van der Waals surface area contributed by atoms with Crippen molar-refractivity contribution < 1.29 is 14.8 Å². The molecule has 33 heavy (non-hydrogen) atoms. The SMILES string of the molecule is NC(=O)c1cccc2c1nnn2-c1nc2c(c(NCc3cccc(B(O)O)c3)n1)NCCC2. The summed E-state index contributed by atoms with van der Waals surface area (Å²) in [6.07, 6.45) is 1.71. The van der Waals surface area contributed by atoms with Crippen molar-refractivity contribution in [1.29, 1.82) is 0 Å². The number of carbonyl (C=O) groups excluding carboxylic acids is 1. The molecule has 0 aliphatic carbocycles. The number of hydrogen-bond donors (Lipinski definition) is 5. The van der Waals surface area contributed by atoms with Gasteiger partial charge in [-0.3, -0.25) is 4.79 Å². The first-order chi connectivity index (χ1) is 16.0. The van der Waals surface area contributed by atoms with E-state index >= 15 is 0 Å². The number of nitrogens with two attached hydrogens (primary N) is 1. The van der Waals surface area contributed by atoms with E-state index in [0.29, 0.717) is 34.8 Å². The van der Waals surface area contributed by atoms with E-state index in [2.05, 4.69) is 25.9 Å². The van der Waals surface area contributed by atoms with Crippen LogP contribution in [-0.2, 0) is 13.0 Å². The fourth-order valence-electron chi connectivity index (χ4n) is 3.89. The van der Waals surface area contributed by atoms with E-state index in [0.717, 1.165) is 36.3 Å². The molecular weight excluding hydrogens is 423 g/mol. The number of aryl methyl sites for hydroxylation is 1. The molecule has 2 aromatic carbocycles. The second-order valence-electron chi connectivity index (χ2n) is 7.74. The Bertz CT molecular complexity index is 1360. The summed E-state index contributed by atoms with van der Waals surface area (Å²) in [4.78, 5) is 21.1. The molecule has 0 saturated carbocycles. The molecule has 3 heterocycles. The van der Waals surface area contributed by atoms with Gasteiger partial charge in [-0.05, 0) is 36.0 Å². The third-order valence-electron chi connectivity index (χ3n) is 5.51. The highest BCUT2D eigenvalue weighted by Crippen LogP contribution is 2.29. The van der Waals surface area contributed by atoms with Crippen LogP contribution >= 0.6 is 0 Å². The van der Waals surface area contributed by atoms with E-state index in [9.17, 15) is 14.8 Å². The highest BCUT2D eigenvalue weighted by atomic mass is 16.4. The zero-order chi connectivity index (χ0) is 22.9. The van der Waals surface area contributed by atoms with Gasteiger partial charge in [0.15, 0.2) is 5.82 Å². The molecule has 11 nitrogen and oxygen atoms in total. The standard InChI is InChI=1S/C21H21BN8O3/c23-19(31)14-6-2-8-16-17(14)28-29-30(16)21-26-15-7-3-9-24-18(15)20(27-21)25-11-12-4-1-5-13(10-12)22(32)33/h1-2,4-6,8,10,24,32-33H,3,7,9,11H2,(H2,23,31)(H,25,26,27). The lowest BCUT2D eigenvalue weighted by Gasteiger charge is -2.21. The van der Waals surface area contributed by atoms with Crippen LogP contribution in [0.2, 0.25) is 0 Å².